The normalized spacial score (nSPS) is 12.6. The van der Waals surface area contributed by atoms with Crippen LogP contribution in [0.5, 0.6) is 0 Å². The van der Waals surface area contributed by atoms with Gasteiger partial charge in [0.05, 0.1) is 12.2 Å². The molecule has 0 aliphatic carbocycles. The molecule has 1 unspecified atom stereocenters. The summed E-state index contributed by atoms with van der Waals surface area (Å²) in [5, 5.41) is 4.95. The summed E-state index contributed by atoms with van der Waals surface area (Å²) in [5.74, 6) is -0.858. The second-order valence-electron chi connectivity index (χ2n) is 4.62. The summed E-state index contributed by atoms with van der Waals surface area (Å²) in [6.07, 6.45) is -4.39. The van der Waals surface area contributed by atoms with Crippen molar-refractivity contribution < 1.29 is 27.5 Å². The SMILES string of the molecule is COCC(NC(C)=O)C(=O)NCc1ccc(C(F)(F)F)cc1. The van der Waals surface area contributed by atoms with Crippen LogP contribution in [0.4, 0.5) is 13.2 Å². The molecule has 0 heterocycles. The van der Waals surface area contributed by atoms with Crippen LogP contribution in [-0.4, -0.2) is 31.6 Å². The highest BCUT2D eigenvalue weighted by molar-refractivity contribution is 5.86. The molecule has 8 heteroatoms. The summed E-state index contributed by atoms with van der Waals surface area (Å²) in [7, 11) is 1.39. The third kappa shape index (κ3) is 5.72. The summed E-state index contributed by atoms with van der Waals surface area (Å²) < 4.78 is 42.1. The molecule has 0 radical (unpaired) electrons. The molecule has 1 atom stereocenters. The molecule has 0 saturated heterocycles. The minimum atomic E-state index is -4.39. The molecular weight excluding hydrogens is 301 g/mol. The molecule has 1 aromatic rings. The first-order valence-electron chi connectivity index (χ1n) is 6.44. The van der Waals surface area contributed by atoms with Crippen molar-refractivity contribution in [1.82, 2.24) is 10.6 Å². The van der Waals surface area contributed by atoms with Crippen LogP contribution in [0.1, 0.15) is 18.1 Å². The van der Waals surface area contributed by atoms with E-state index in [-0.39, 0.29) is 19.1 Å². The molecule has 22 heavy (non-hydrogen) atoms. The number of hydrogen-bond donors (Lipinski definition) is 2. The maximum Gasteiger partial charge on any atom is 0.416 e. The molecule has 0 spiro atoms. The average molecular weight is 318 g/mol. The van der Waals surface area contributed by atoms with Crippen molar-refractivity contribution in [2.75, 3.05) is 13.7 Å². The molecule has 2 amide bonds. The predicted molar refractivity (Wildman–Crippen MR) is 72.8 cm³/mol. The van der Waals surface area contributed by atoms with E-state index in [1.165, 1.54) is 26.2 Å². The first-order chi connectivity index (χ1) is 10.2. The van der Waals surface area contributed by atoms with E-state index in [0.29, 0.717) is 5.56 Å². The number of carbonyl (C=O) groups is 2. The minimum absolute atomic E-state index is 0.00156. The quantitative estimate of drug-likeness (QED) is 0.835. The number of methoxy groups -OCH3 is 1. The number of carbonyl (C=O) groups excluding carboxylic acids is 2. The van der Waals surface area contributed by atoms with E-state index in [4.69, 9.17) is 4.74 Å². The fourth-order valence-corrected chi connectivity index (χ4v) is 1.72. The van der Waals surface area contributed by atoms with E-state index in [2.05, 4.69) is 10.6 Å². The van der Waals surface area contributed by atoms with Crippen LogP contribution in [0, 0.1) is 0 Å². The van der Waals surface area contributed by atoms with E-state index in [9.17, 15) is 22.8 Å². The first-order valence-corrected chi connectivity index (χ1v) is 6.44. The Hall–Kier alpha value is -2.09. The number of ether oxygens (including phenoxy) is 1. The van der Waals surface area contributed by atoms with E-state index in [1.54, 1.807) is 0 Å². The van der Waals surface area contributed by atoms with Crippen LogP contribution >= 0.6 is 0 Å². The van der Waals surface area contributed by atoms with E-state index in [0.717, 1.165) is 12.1 Å². The predicted octanol–water partition coefficient (Wildman–Crippen LogP) is 1.47. The minimum Gasteiger partial charge on any atom is -0.382 e. The Balaban J connectivity index is 2.60. The molecule has 1 aromatic carbocycles. The van der Waals surface area contributed by atoms with Crippen LogP contribution in [0.3, 0.4) is 0 Å². The molecule has 0 saturated carbocycles. The molecule has 0 aliphatic rings. The number of halogens is 3. The fraction of sp³-hybridized carbons (Fsp3) is 0.429. The van der Waals surface area contributed by atoms with Crippen LogP contribution in [-0.2, 0) is 27.0 Å². The number of amides is 2. The molecule has 0 fully saturated rings. The zero-order valence-corrected chi connectivity index (χ0v) is 12.2. The molecule has 1 rings (SSSR count). The van der Waals surface area contributed by atoms with Crippen molar-refractivity contribution in [2.45, 2.75) is 25.7 Å². The molecule has 0 bridgehead atoms. The van der Waals surface area contributed by atoms with Crippen molar-refractivity contribution in [1.29, 1.82) is 0 Å². The van der Waals surface area contributed by atoms with Gasteiger partial charge >= 0.3 is 6.18 Å². The highest BCUT2D eigenvalue weighted by Crippen LogP contribution is 2.28. The Morgan fingerprint density at radius 2 is 1.82 bits per heavy atom. The van der Waals surface area contributed by atoms with Crippen LogP contribution in [0.15, 0.2) is 24.3 Å². The van der Waals surface area contributed by atoms with Gasteiger partial charge in [-0.25, -0.2) is 0 Å². The van der Waals surface area contributed by atoms with Gasteiger partial charge in [-0.2, -0.15) is 13.2 Å². The number of hydrogen-bond acceptors (Lipinski definition) is 3. The summed E-state index contributed by atoms with van der Waals surface area (Å²) >= 11 is 0. The van der Waals surface area contributed by atoms with Crippen LogP contribution in [0.2, 0.25) is 0 Å². The third-order valence-electron chi connectivity index (χ3n) is 2.78. The molecule has 5 nitrogen and oxygen atoms in total. The Bertz CT molecular complexity index is 515. The molecule has 0 aromatic heterocycles. The maximum atomic E-state index is 12.4. The number of nitrogens with one attached hydrogen (secondary N) is 2. The summed E-state index contributed by atoms with van der Waals surface area (Å²) in [5.41, 5.74) is -0.238. The lowest BCUT2D eigenvalue weighted by Crippen LogP contribution is -2.48. The van der Waals surface area contributed by atoms with Crippen LogP contribution < -0.4 is 10.6 Å². The topological polar surface area (TPSA) is 67.4 Å². The summed E-state index contributed by atoms with van der Waals surface area (Å²) in [6.45, 7) is 1.32. The Labute approximate surface area is 125 Å². The Morgan fingerprint density at radius 3 is 2.27 bits per heavy atom. The summed E-state index contributed by atoms with van der Waals surface area (Å²) in [6, 6.07) is 3.61. The van der Waals surface area contributed by atoms with Crippen molar-refractivity contribution in [3.05, 3.63) is 35.4 Å². The van der Waals surface area contributed by atoms with Gasteiger partial charge in [0, 0.05) is 20.6 Å². The van der Waals surface area contributed by atoms with Gasteiger partial charge in [0.1, 0.15) is 6.04 Å². The monoisotopic (exact) mass is 318 g/mol. The largest absolute Gasteiger partial charge is 0.416 e. The smallest absolute Gasteiger partial charge is 0.382 e. The van der Waals surface area contributed by atoms with Crippen molar-refractivity contribution in [2.24, 2.45) is 0 Å². The molecular formula is C14H17F3N2O3. The highest BCUT2D eigenvalue weighted by atomic mass is 19.4. The second kappa shape index (κ2) is 7.79. The first kappa shape index (κ1) is 18.0. The van der Waals surface area contributed by atoms with Gasteiger partial charge in [-0.05, 0) is 17.7 Å². The van der Waals surface area contributed by atoms with Gasteiger partial charge in [0.25, 0.3) is 0 Å². The lowest BCUT2D eigenvalue weighted by molar-refractivity contribution is -0.137. The van der Waals surface area contributed by atoms with E-state index in [1.807, 2.05) is 0 Å². The van der Waals surface area contributed by atoms with Gasteiger partial charge in [0.15, 0.2) is 0 Å². The average Bonchev–Trinajstić information content (AvgIpc) is 2.43. The standard InChI is InChI=1S/C14H17F3N2O3/c1-9(20)19-12(8-22-2)13(21)18-7-10-3-5-11(6-4-10)14(15,16)17/h3-6,12H,7-8H2,1-2H3,(H,18,21)(H,19,20). The van der Waals surface area contributed by atoms with Gasteiger partial charge in [-0.1, -0.05) is 12.1 Å². The second-order valence-corrected chi connectivity index (χ2v) is 4.62. The molecule has 2 N–H and O–H groups in total. The van der Waals surface area contributed by atoms with Crippen LogP contribution in [0.25, 0.3) is 0 Å². The van der Waals surface area contributed by atoms with Gasteiger partial charge in [0.2, 0.25) is 11.8 Å². The van der Waals surface area contributed by atoms with Crippen molar-refractivity contribution >= 4 is 11.8 Å². The third-order valence-corrected chi connectivity index (χ3v) is 2.78. The van der Waals surface area contributed by atoms with Crippen molar-refractivity contribution in [3.8, 4) is 0 Å². The van der Waals surface area contributed by atoms with E-state index < -0.39 is 23.7 Å². The lowest BCUT2D eigenvalue weighted by Gasteiger charge is -2.16. The number of benzene rings is 1. The summed E-state index contributed by atoms with van der Waals surface area (Å²) in [4.78, 5) is 22.9. The number of alkyl halides is 3. The van der Waals surface area contributed by atoms with Gasteiger partial charge < -0.3 is 15.4 Å². The molecule has 122 valence electrons. The van der Waals surface area contributed by atoms with Gasteiger partial charge in [-0.3, -0.25) is 9.59 Å². The maximum absolute atomic E-state index is 12.4. The zero-order chi connectivity index (χ0) is 16.8. The Morgan fingerprint density at radius 1 is 1.23 bits per heavy atom. The highest BCUT2D eigenvalue weighted by Gasteiger charge is 2.29. The number of rotatable bonds is 6. The van der Waals surface area contributed by atoms with Gasteiger partial charge in [-0.15, -0.1) is 0 Å². The Kier molecular flexibility index (Phi) is 6.36. The fourth-order valence-electron chi connectivity index (χ4n) is 1.72. The zero-order valence-electron chi connectivity index (χ0n) is 12.2. The van der Waals surface area contributed by atoms with E-state index >= 15 is 0 Å². The lowest BCUT2D eigenvalue weighted by atomic mass is 10.1. The molecule has 0 aliphatic heterocycles. The van der Waals surface area contributed by atoms with Crippen molar-refractivity contribution in [3.63, 3.8) is 0 Å².